The van der Waals surface area contributed by atoms with Gasteiger partial charge in [0.05, 0.1) is 6.42 Å². The molecule has 1 aliphatic carbocycles. The van der Waals surface area contributed by atoms with Crippen LogP contribution >= 0.6 is 0 Å². The van der Waals surface area contributed by atoms with E-state index >= 15 is 0 Å². The Labute approximate surface area is 105 Å². The fourth-order valence-corrected chi connectivity index (χ4v) is 2.28. The van der Waals surface area contributed by atoms with Crippen LogP contribution in [0.25, 0.3) is 0 Å². The summed E-state index contributed by atoms with van der Waals surface area (Å²) in [6, 6.07) is 3.47. The molecule has 1 saturated heterocycles. The number of carbonyl (C=O) groups is 2. The Hall–Kier alpha value is -1.91. The average Bonchev–Trinajstić information content (AvgIpc) is 3.11. The Bertz CT molecular complexity index is 511. The molecule has 1 atom stereocenters. The van der Waals surface area contributed by atoms with Gasteiger partial charge in [-0.25, -0.2) is 4.98 Å². The Morgan fingerprint density at radius 2 is 2.17 bits per heavy atom. The first kappa shape index (κ1) is 11.2. The number of pyridine rings is 1. The molecular formula is C13H15N3O2. The second-order valence-electron chi connectivity index (χ2n) is 4.90. The van der Waals surface area contributed by atoms with Crippen LogP contribution in [0.5, 0.6) is 0 Å². The number of aromatic nitrogens is 1. The lowest BCUT2D eigenvalue weighted by molar-refractivity contribution is -0.139. The minimum atomic E-state index is -0.452. The summed E-state index contributed by atoms with van der Waals surface area (Å²) in [5, 5.41) is 3.08. The van der Waals surface area contributed by atoms with Gasteiger partial charge in [-0.1, -0.05) is 6.07 Å². The zero-order chi connectivity index (χ0) is 12.7. The van der Waals surface area contributed by atoms with Crippen LogP contribution in [-0.2, 0) is 9.59 Å². The van der Waals surface area contributed by atoms with E-state index in [-0.39, 0.29) is 24.3 Å². The first-order valence-electron chi connectivity index (χ1n) is 6.21. The summed E-state index contributed by atoms with van der Waals surface area (Å²) >= 11 is 0. The molecule has 5 heteroatoms. The second kappa shape index (κ2) is 4.08. The number of likely N-dealkylation sites (tertiary alicyclic amines) is 1. The van der Waals surface area contributed by atoms with Crippen molar-refractivity contribution in [2.75, 3.05) is 5.32 Å². The van der Waals surface area contributed by atoms with Gasteiger partial charge in [-0.15, -0.1) is 0 Å². The number of hydrogen-bond donors (Lipinski definition) is 1. The standard InChI is InChI=1S/C13H15N3O2/c1-8-3-2-6-14-12(8)15-10-7-11(17)16(13(10)18)9-4-5-9/h2-3,6,9-10H,4-5,7H2,1H3,(H,14,15). The Morgan fingerprint density at radius 1 is 1.39 bits per heavy atom. The molecule has 2 fully saturated rings. The molecule has 5 nitrogen and oxygen atoms in total. The molecule has 1 aliphatic heterocycles. The zero-order valence-electron chi connectivity index (χ0n) is 10.2. The van der Waals surface area contributed by atoms with Gasteiger partial charge in [-0.3, -0.25) is 14.5 Å². The summed E-state index contributed by atoms with van der Waals surface area (Å²) in [6.45, 7) is 1.93. The molecule has 3 rings (SSSR count). The van der Waals surface area contributed by atoms with Crippen molar-refractivity contribution in [3.63, 3.8) is 0 Å². The van der Waals surface area contributed by atoms with Crippen molar-refractivity contribution in [2.24, 2.45) is 0 Å². The van der Waals surface area contributed by atoms with Gasteiger partial charge in [0.15, 0.2) is 0 Å². The SMILES string of the molecule is Cc1cccnc1NC1CC(=O)N(C2CC2)C1=O. The number of imide groups is 1. The lowest BCUT2D eigenvalue weighted by atomic mass is 10.2. The van der Waals surface area contributed by atoms with E-state index in [9.17, 15) is 9.59 Å². The predicted molar refractivity (Wildman–Crippen MR) is 65.9 cm³/mol. The van der Waals surface area contributed by atoms with Crippen molar-refractivity contribution in [1.29, 1.82) is 0 Å². The fraction of sp³-hybridized carbons (Fsp3) is 0.462. The molecular weight excluding hydrogens is 230 g/mol. The summed E-state index contributed by atoms with van der Waals surface area (Å²) in [5.74, 6) is 0.516. The Morgan fingerprint density at radius 3 is 2.83 bits per heavy atom. The largest absolute Gasteiger partial charge is 0.358 e. The van der Waals surface area contributed by atoms with Crippen LogP contribution in [0.4, 0.5) is 5.82 Å². The van der Waals surface area contributed by atoms with Gasteiger partial charge in [0.25, 0.3) is 5.91 Å². The molecule has 0 bridgehead atoms. The molecule has 1 aromatic rings. The summed E-state index contributed by atoms with van der Waals surface area (Å²) < 4.78 is 0. The number of nitrogens with zero attached hydrogens (tertiary/aromatic N) is 2. The van der Waals surface area contributed by atoms with E-state index in [1.54, 1.807) is 6.20 Å². The maximum atomic E-state index is 12.1. The average molecular weight is 245 g/mol. The number of rotatable bonds is 3. The number of carbonyl (C=O) groups excluding carboxylic acids is 2. The molecule has 1 saturated carbocycles. The van der Waals surface area contributed by atoms with Crippen LogP contribution in [-0.4, -0.2) is 33.8 Å². The van der Waals surface area contributed by atoms with Crippen molar-refractivity contribution in [3.05, 3.63) is 23.9 Å². The quantitative estimate of drug-likeness (QED) is 0.810. The molecule has 18 heavy (non-hydrogen) atoms. The summed E-state index contributed by atoms with van der Waals surface area (Å²) in [5.41, 5.74) is 0.975. The summed E-state index contributed by atoms with van der Waals surface area (Å²) in [4.78, 5) is 29.5. The highest BCUT2D eigenvalue weighted by Gasteiger charge is 2.46. The second-order valence-corrected chi connectivity index (χ2v) is 4.90. The van der Waals surface area contributed by atoms with E-state index in [0.717, 1.165) is 18.4 Å². The minimum Gasteiger partial charge on any atom is -0.358 e. The number of amides is 2. The van der Waals surface area contributed by atoms with Gasteiger partial charge >= 0.3 is 0 Å². The summed E-state index contributed by atoms with van der Waals surface area (Å²) in [6.07, 6.45) is 3.82. The number of aryl methyl sites for hydroxylation is 1. The van der Waals surface area contributed by atoms with Crippen molar-refractivity contribution < 1.29 is 9.59 Å². The van der Waals surface area contributed by atoms with Gasteiger partial charge in [0, 0.05) is 12.2 Å². The maximum Gasteiger partial charge on any atom is 0.252 e. The van der Waals surface area contributed by atoms with Crippen LogP contribution < -0.4 is 5.32 Å². The van der Waals surface area contributed by atoms with E-state index in [4.69, 9.17) is 0 Å². The molecule has 0 radical (unpaired) electrons. The van der Waals surface area contributed by atoms with E-state index in [1.807, 2.05) is 19.1 Å². The number of anilines is 1. The van der Waals surface area contributed by atoms with E-state index < -0.39 is 6.04 Å². The van der Waals surface area contributed by atoms with Crippen LogP contribution in [0.2, 0.25) is 0 Å². The van der Waals surface area contributed by atoms with Crippen LogP contribution in [0.1, 0.15) is 24.8 Å². The van der Waals surface area contributed by atoms with Crippen molar-refractivity contribution in [3.8, 4) is 0 Å². The maximum absolute atomic E-state index is 12.1. The van der Waals surface area contributed by atoms with Crippen LogP contribution in [0.15, 0.2) is 18.3 Å². The Kier molecular flexibility index (Phi) is 2.54. The third-order valence-corrected chi connectivity index (χ3v) is 3.42. The molecule has 1 unspecified atom stereocenters. The van der Waals surface area contributed by atoms with Gasteiger partial charge in [-0.05, 0) is 31.4 Å². The normalized spacial score (nSPS) is 23.6. The topological polar surface area (TPSA) is 62.3 Å². The Balaban J connectivity index is 1.76. The van der Waals surface area contributed by atoms with Crippen molar-refractivity contribution in [1.82, 2.24) is 9.88 Å². The molecule has 94 valence electrons. The van der Waals surface area contributed by atoms with Crippen LogP contribution in [0.3, 0.4) is 0 Å². The van der Waals surface area contributed by atoms with E-state index in [0.29, 0.717) is 5.82 Å². The molecule has 0 aromatic carbocycles. The van der Waals surface area contributed by atoms with Crippen LogP contribution in [0, 0.1) is 6.92 Å². The van der Waals surface area contributed by atoms with Gasteiger partial charge in [-0.2, -0.15) is 0 Å². The number of hydrogen-bond acceptors (Lipinski definition) is 4. The zero-order valence-corrected chi connectivity index (χ0v) is 10.2. The highest BCUT2D eigenvalue weighted by Crippen LogP contribution is 2.32. The predicted octanol–water partition coefficient (Wildman–Crippen LogP) is 1.09. The van der Waals surface area contributed by atoms with E-state index in [1.165, 1.54) is 4.90 Å². The third-order valence-electron chi connectivity index (χ3n) is 3.42. The highest BCUT2D eigenvalue weighted by atomic mass is 16.2. The first-order valence-corrected chi connectivity index (χ1v) is 6.21. The van der Waals surface area contributed by atoms with E-state index in [2.05, 4.69) is 10.3 Å². The van der Waals surface area contributed by atoms with Gasteiger partial charge < -0.3 is 5.32 Å². The molecule has 2 heterocycles. The smallest absolute Gasteiger partial charge is 0.252 e. The highest BCUT2D eigenvalue weighted by molar-refractivity contribution is 6.07. The lowest BCUT2D eigenvalue weighted by Crippen LogP contribution is -2.36. The molecule has 0 spiro atoms. The first-order chi connectivity index (χ1) is 8.66. The van der Waals surface area contributed by atoms with Gasteiger partial charge in [0.2, 0.25) is 5.91 Å². The third kappa shape index (κ3) is 1.85. The van der Waals surface area contributed by atoms with Crippen molar-refractivity contribution in [2.45, 2.75) is 38.3 Å². The van der Waals surface area contributed by atoms with Gasteiger partial charge in [0.1, 0.15) is 11.9 Å². The molecule has 1 aromatic heterocycles. The molecule has 1 N–H and O–H groups in total. The number of nitrogens with one attached hydrogen (secondary N) is 1. The molecule has 2 aliphatic rings. The fourth-order valence-electron chi connectivity index (χ4n) is 2.28. The lowest BCUT2D eigenvalue weighted by Gasteiger charge is -2.15. The summed E-state index contributed by atoms with van der Waals surface area (Å²) in [7, 11) is 0. The molecule has 2 amide bonds. The van der Waals surface area contributed by atoms with Crippen molar-refractivity contribution >= 4 is 17.6 Å². The minimum absolute atomic E-state index is 0.0615. The monoisotopic (exact) mass is 245 g/mol.